The van der Waals surface area contributed by atoms with Crippen molar-refractivity contribution in [3.05, 3.63) is 29.6 Å². The number of aryl methyl sites for hydroxylation is 2. The van der Waals surface area contributed by atoms with Gasteiger partial charge in [-0.25, -0.2) is 4.98 Å². The van der Waals surface area contributed by atoms with E-state index in [1.165, 1.54) is 42.8 Å². The van der Waals surface area contributed by atoms with E-state index in [0.717, 1.165) is 25.0 Å². The number of fused-ring (bicyclic) bond motifs is 1. The number of aromatic nitrogens is 2. The molecule has 0 saturated carbocycles. The SMILES string of the molecule is Cc1ccc2c(c1)nc(C(C)N1CCCC1)n2CCCN. The first-order valence-electron chi connectivity index (χ1n) is 8.11. The van der Waals surface area contributed by atoms with Crippen LogP contribution in [0.25, 0.3) is 11.0 Å². The van der Waals surface area contributed by atoms with Crippen LogP contribution in [0.1, 0.15) is 43.6 Å². The summed E-state index contributed by atoms with van der Waals surface area (Å²) in [7, 11) is 0. The fourth-order valence-electron chi connectivity index (χ4n) is 3.35. The molecule has 1 atom stereocenters. The highest BCUT2D eigenvalue weighted by Crippen LogP contribution is 2.28. The van der Waals surface area contributed by atoms with Gasteiger partial charge < -0.3 is 10.3 Å². The zero-order valence-corrected chi connectivity index (χ0v) is 13.2. The maximum atomic E-state index is 5.72. The Kier molecular flexibility index (Phi) is 4.27. The quantitative estimate of drug-likeness (QED) is 0.919. The first kappa shape index (κ1) is 14.5. The molecule has 2 aromatic rings. The summed E-state index contributed by atoms with van der Waals surface area (Å²) in [5.41, 5.74) is 9.35. The molecule has 4 nitrogen and oxygen atoms in total. The second kappa shape index (κ2) is 6.16. The first-order valence-corrected chi connectivity index (χ1v) is 8.11. The molecular formula is C17H26N4. The molecule has 2 N–H and O–H groups in total. The molecule has 2 heterocycles. The summed E-state index contributed by atoms with van der Waals surface area (Å²) in [5, 5.41) is 0. The van der Waals surface area contributed by atoms with E-state index in [1.54, 1.807) is 0 Å². The van der Waals surface area contributed by atoms with Crippen LogP contribution in [0.15, 0.2) is 18.2 Å². The van der Waals surface area contributed by atoms with Gasteiger partial charge in [-0.15, -0.1) is 0 Å². The van der Waals surface area contributed by atoms with Gasteiger partial charge in [-0.3, -0.25) is 4.90 Å². The third kappa shape index (κ3) is 2.83. The number of hydrogen-bond acceptors (Lipinski definition) is 3. The average Bonchev–Trinajstić information content (AvgIpc) is 3.11. The normalized spacial score (nSPS) is 17.7. The zero-order valence-electron chi connectivity index (χ0n) is 13.2. The standard InChI is InChI=1S/C17H26N4/c1-13-6-7-16-15(12-13)19-17(21(16)11-5-8-18)14(2)20-9-3-4-10-20/h6-7,12,14H,3-5,8-11,18H2,1-2H3. The summed E-state index contributed by atoms with van der Waals surface area (Å²) < 4.78 is 2.38. The summed E-state index contributed by atoms with van der Waals surface area (Å²) >= 11 is 0. The lowest BCUT2D eigenvalue weighted by Crippen LogP contribution is -2.26. The third-order valence-electron chi connectivity index (χ3n) is 4.58. The summed E-state index contributed by atoms with van der Waals surface area (Å²) in [5.74, 6) is 1.20. The topological polar surface area (TPSA) is 47.1 Å². The highest BCUT2D eigenvalue weighted by Gasteiger charge is 2.24. The minimum atomic E-state index is 0.387. The van der Waals surface area contributed by atoms with Gasteiger partial charge >= 0.3 is 0 Å². The largest absolute Gasteiger partial charge is 0.330 e. The molecular weight excluding hydrogens is 260 g/mol. The molecule has 1 aliphatic rings. The number of benzene rings is 1. The number of imidazole rings is 1. The van der Waals surface area contributed by atoms with Gasteiger partial charge in [0.2, 0.25) is 0 Å². The number of hydrogen-bond donors (Lipinski definition) is 1. The van der Waals surface area contributed by atoms with E-state index in [4.69, 9.17) is 10.7 Å². The number of nitrogens with zero attached hydrogens (tertiary/aromatic N) is 3. The van der Waals surface area contributed by atoms with E-state index in [1.807, 2.05) is 0 Å². The Hall–Kier alpha value is -1.39. The second-order valence-electron chi connectivity index (χ2n) is 6.18. The van der Waals surface area contributed by atoms with Crippen LogP contribution in [0.3, 0.4) is 0 Å². The van der Waals surface area contributed by atoms with E-state index in [-0.39, 0.29) is 0 Å². The molecule has 1 aliphatic heterocycles. The van der Waals surface area contributed by atoms with Crippen LogP contribution in [-0.2, 0) is 6.54 Å². The molecule has 0 bridgehead atoms. The first-order chi connectivity index (χ1) is 10.2. The third-order valence-corrected chi connectivity index (χ3v) is 4.58. The predicted molar refractivity (Wildman–Crippen MR) is 87.4 cm³/mol. The van der Waals surface area contributed by atoms with Gasteiger partial charge in [-0.1, -0.05) is 6.07 Å². The molecule has 1 unspecified atom stereocenters. The minimum absolute atomic E-state index is 0.387. The minimum Gasteiger partial charge on any atom is -0.330 e. The zero-order chi connectivity index (χ0) is 14.8. The van der Waals surface area contributed by atoms with Crippen LogP contribution in [-0.4, -0.2) is 34.1 Å². The van der Waals surface area contributed by atoms with E-state index >= 15 is 0 Å². The van der Waals surface area contributed by atoms with Crippen LogP contribution in [0.4, 0.5) is 0 Å². The maximum absolute atomic E-state index is 5.72. The molecule has 1 fully saturated rings. The molecule has 0 spiro atoms. The smallest absolute Gasteiger partial charge is 0.127 e. The Bertz CT molecular complexity index is 611. The van der Waals surface area contributed by atoms with Gasteiger partial charge in [0, 0.05) is 6.54 Å². The van der Waals surface area contributed by atoms with Crippen molar-refractivity contribution in [3.63, 3.8) is 0 Å². The van der Waals surface area contributed by atoms with Gasteiger partial charge in [0.05, 0.1) is 17.1 Å². The fourth-order valence-corrected chi connectivity index (χ4v) is 3.35. The highest BCUT2D eigenvalue weighted by molar-refractivity contribution is 5.77. The van der Waals surface area contributed by atoms with Crippen LogP contribution in [0, 0.1) is 6.92 Å². The van der Waals surface area contributed by atoms with Gasteiger partial charge in [0.1, 0.15) is 5.82 Å². The van der Waals surface area contributed by atoms with E-state index in [9.17, 15) is 0 Å². The molecule has 4 heteroatoms. The molecule has 21 heavy (non-hydrogen) atoms. The maximum Gasteiger partial charge on any atom is 0.127 e. The van der Waals surface area contributed by atoms with Crippen molar-refractivity contribution < 1.29 is 0 Å². The molecule has 0 amide bonds. The molecule has 1 saturated heterocycles. The molecule has 0 radical (unpaired) electrons. The summed E-state index contributed by atoms with van der Waals surface area (Å²) in [4.78, 5) is 7.50. The fraction of sp³-hybridized carbons (Fsp3) is 0.588. The van der Waals surface area contributed by atoms with Crippen LogP contribution < -0.4 is 5.73 Å². The Balaban J connectivity index is 2.02. The molecule has 114 valence electrons. The van der Waals surface area contributed by atoms with Crippen molar-refractivity contribution >= 4 is 11.0 Å². The molecule has 0 aliphatic carbocycles. The van der Waals surface area contributed by atoms with Gasteiger partial charge in [-0.2, -0.15) is 0 Å². The van der Waals surface area contributed by atoms with E-state index in [0.29, 0.717) is 6.04 Å². The van der Waals surface area contributed by atoms with Crippen molar-refractivity contribution in [2.45, 2.75) is 45.7 Å². The van der Waals surface area contributed by atoms with Gasteiger partial charge in [0.25, 0.3) is 0 Å². The highest BCUT2D eigenvalue weighted by atomic mass is 15.2. The predicted octanol–water partition coefficient (Wildman–Crippen LogP) is 2.85. The van der Waals surface area contributed by atoms with Crippen molar-refractivity contribution in [1.82, 2.24) is 14.5 Å². The summed E-state index contributed by atoms with van der Waals surface area (Å²) in [6.07, 6.45) is 3.62. The Morgan fingerprint density at radius 2 is 2.05 bits per heavy atom. The Labute approximate surface area is 126 Å². The van der Waals surface area contributed by atoms with Crippen molar-refractivity contribution in [2.24, 2.45) is 5.73 Å². The van der Waals surface area contributed by atoms with Crippen LogP contribution >= 0.6 is 0 Å². The monoisotopic (exact) mass is 286 g/mol. The average molecular weight is 286 g/mol. The molecule has 1 aromatic carbocycles. The van der Waals surface area contributed by atoms with E-state index in [2.05, 4.69) is 41.5 Å². The molecule has 3 rings (SSSR count). The van der Waals surface area contributed by atoms with Crippen LogP contribution in [0.2, 0.25) is 0 Å². The van der Waals surface area contributed by atoms with Crippen molar-refractivity contribution in [3.8, 4) is 0 Å². The lowest BCUT2D eigenvalue weighted by molar-refractivity contribution is 0.248. The van der Waals surface area contributed by atoms with E-state index < -0.39 is 0 Å². The second-order valence-corrected chi connectivity index (χ2v) is 6.18. The lowest BCUT2D eigenvalue weighted by Gasteiger charge is -2.24. The Morgan fingerprint density at radius 1 is 1.29 bits per heavy atom. The van der Waals surface area contributed by atoms with Gasteiger partial charge in [0.15, 0.2) is 0 Å². The van der Waals surface area contributed by atoms with Crippen LogP contribution in [0.5, 0.6) is 0 Å². The Morgan fingerprint density at radius 3 is 2.76 bits per heavy atom. The number of rotatable bonds is 5. The lowest BCUT2D eigenvalue weighted by atomic mass is 10.2. The molecule has 1 aromatic heterocycles. The van der Waals surface area contributed by atoms with Crippen molar-refractivity contribution in [2.75, 3.05) is 19.6 Å². The van der Waals surface area contributed by atoms with Gasteiger partial charge in [-0.05, 0) is 70.4 Å². The number of nitrogens with two attached hydrogens (primary N) is 1. The van der Waals surface area contributed by atoms with Crippen molar-refractivity contribution in [1.29, 1.82) is 0 Å². The summed E-state index contributed by atoms with van der Waals surface area (Å²) in [6.45, 7) is 8.49. The number of likely N-dealkylation sites (tertiary alicyclic amines) is 1. The summed E-state index contributed by atoms with van der Waals surface area (Å²) in [6, 6.07) is 6.95.